The number of fused-ring (bicyclic) bond motifs is 1. The molecule has 0 spiro atoms. The van der Waals surface area contributed by atoms with Gasteiger partial charge in [-0.1, -0.05) is 19.9 Å². The summed E-state index contributed by atoms with van der Waals surface area (Å²) < 4.78 is 35.4. The predicted molar refractivity (Wildman–Crippen MR) is 151 cm³/mol. The minimum Gasteiger partial charge on any atom is -0.471 e. The predicted octanol–water partition coefficient (Wildman–Crippen LogP) is 0.806. The molecule has 1 fully saturated rings. The van der Waals surface area contributed by atoms with Crippen LogP contribution in [0.3, 0.4) is 0 Å². The van der Waals surface area contributed by atoms with Gasteiger partial charge in [0.25, 0.3) is 21.5 Å². The Labute approximate surface area is 236 Å². The summed E-state index contributed by atoms with van der Waals surface area (Å²) in [4.78, 5) is 43.2. The van der Waals surface area contributed by atoms with Gasteiger partial charge in [-0.15, -0.1) is 0 Å². The molecule has 1 atom stereocenters. The molecule has 14 nitrogen and oxygen atoms in total. The van der Waals surface area contributed by atoms with E-state index in [1.165, 1.54) is 27.4 Å². The summed E-state index contributed by atoms with van der Waals surface area (Å²) in [6.07, 6.45) is 4.67. The maximum absolute atomic E-state index is 13.3. The topological polar surface area (TPSA) is 182 Å². The molecule has 3 N–H and O–H groups in total. The number of primary amides is 1. The second kappa shape index (κ2) is 11.7. The number of aromatic nitrogens is 6. The standard InChI is InChI=1S/C26H31N9O5S/c1-3-20(41(38,39)34-11-9-33(4-2)10-12-34)40-19-13-17(14-28-15-19)25-30-21-22(24(27)36)32-35(23(21)26(37)31-25)16-18-7-5-6-8-29-18/h5-8,13-15,20H,3-4,9-12,16H2,1-2H3,(H2,27,36)(H,30,31,37). The number of nitrogens with zero attached hydrogens (tertiary/aromatic N) is 7. The van der Waals surface area contributed by atoms with Gasteiger partial charge in [0.15, 0.2) is 11.2 Å². The minimum atomic E-state index is -3.74. The van der Waals surface area contributed by atoms with Crippen molar-refractivity contribution >= 4 is 27.0 Å². The van der Waals surface area contributed by atoms with E-state index in [4.69, 9.17) is 10.5 Å². The number of rotatable bonds is 10. The molecule has 0 bridgehead atoms. The van der Waals surface area contributed by atoms with Gasteiger partial charge in [0.05, 0.1) is 18.4 Å². The zero-order valence-corrected chi connectivity index (χ0v) is 23.5. The number of carbonyl (C=O) groups is 1. The number of ether oxygens (including phenoxy) is 1. The largest absolute Gasteiger partial charge is 0.471 e. The maximum Gasteiger partial charge on any atom is 0.277 e. The SMILES string of the molecule is CCC(Oc1cncc(-c2nc3c(C(N)=O)nn(Cc4ccccn4)c3c(=O)[nH]2)c1)S(=O)(=O)N1CCN(CC)CC1. The number of hydrogen-bond donors (Lipinski definition) is 2. The fraction of sp³-hybridized carbons (Fsp3) is 0.385. The van der Waals surface area contributed by atoms with E-state index in [-0.39, 0.29) is 41.3 Å². The molecule has 1 amide bonds. The van der Waals surface area contributed by atoms with Crippen LogP contribution in [0.4, 0.5) is 0 Å². The Kier molecular flexibility index (Phi) is 8.10. The Hall–Kier alpha value is -4.21. The first-order valence-corrected chi connectivity index (χ1v) is 14.8. The van der Waals surface area contributed by atoms with Crippen molar-refractivity contribution < 1.29 is 17.9 Å². The van der Waals surface area contributed by atoms with Crippen LogP contribution in [0.25, 0.3) is 22.4 Å². The average Bonchev–Trinajstić information content (AvgIpc) is 3.35. The van der Waals surface area contributed by atoms with Crippen molar-refractivity contribution in [2.45, 2.75) is 32.2 Å². The number of pyridine rings is 2. The van der Waals surface area contributed by atoms with Crippen molar-refractivity contribution in [2.75, 3.05) is 32.7 Å². The Balaban J connectivity index is 1.45. The smallest absolute Gasteiger partial charge is 0.277 e. The monoisotopic (exact) mass is 581 g/mol. The zero-order valence-electron chi connectivity index (χ0n) is 22.7. The third-order valence-corrected chi connectivity index (χ3v) is 9.11. The zero-order chi connectivity index (χ0) is 29.1. The highest BCUT2D eigenvalue weighted by Crippen LogP contribution is 2.25. The van der Waals surface area contributed by atoms with Crippen molar-refractivity contribution in [3.63, 3.8) is 0 Å². The first-order valence-electron chi connectivity index (χ1n) is 13.2. The Morgan fingerprint density at radius 2 is 1.95 bits per heavy atom. The number of hydrogen-bond acceptors (Lipinski definition) is 10. The van der Waals surface area contributed by atoms with Crippen LogP contribution in [-0.4, -0.2) is 91.4 Å². The van der Waals surface area contributed by atoms with Gasteiger partial charge >= 0.3 is 0 Å². The van der Waals surface area contributed by atoms with Crippen LogP contribution >= 0.6 is 0 Å². The van der Waals surface area contributed by atoms with Gasteiger partial charge in [0, 0.05) is 44.1 Å². The van der Waals surface area contributed by atoms with Crippen LogP contribution in [0.5, 0.6) is 5.75 Å². The molecule has 0 saturated carbocycles. The van der Waals surface area contributed by atoms with E-state index in [0.29, 0.717) is 37.4 Å². The van der Waals surface area contributed by atoms with Gasteiger partial charge in [0.1, 0.15) is 17.1 Å². The second-order valence-electron chi connectivity index (χ2n) is 9.55. The fourth-order valence-corrected chi connectivity index (χ4v) is 6.40. The minimum absolute atomic E-state index is 0.0266. The number of carbonyl (C=O) groups excluding carboxylic acids is 1. The third-order valence-electron chi connectivity index (χ3n) is 6.93. The molecule has 4 aromatic heterocycles. The third kappa shape index (κ3) is 5.82. The van der Waals surface area contributed by atoms with E-state index in [1.807, 2.05) is 6.92 Å². The number of nitrogens with two attached hydrogens (primary N) is 1. The van der Waals surface area contributed by atoms with E-state index < -0.39 is 26.9 Å². The normalized spacial score (nSPS) is 15.7. The Morgan fingerprint density at radius 1 is 1.17 bits per heavy atom. The molecule has 1 aliphatic rings. The first kappa shape index (κ1) is 28.3. The molecule has 216 valence electrons. The molecule has 0 aliphatic carbocycles. The van der Waals surface area contributed by atoms with Crippen molar-refractivity contribution in [2.24, 2.45) is 5.73 Å². The molecule has 1 aliphatic heterocycles. The first-order chi connectivity index (χ1) is 19.7. The van der Waals surface area contributed by atoms with E-state index in [1.54, 1.807) is 31.3 Å². The summed E-state index contributed by atoms with van der Waals surface area (Å²) in [6, 6.07) is 6.86. The highest BCUT2D eigenvalue weighted by atomic mass is 32.2. The molecule has 1 unspecified atom stereocenters. The number of amides is 1. The van der Waals surface area contributed by atoms with Gasteiger partial charge in [-0.05, 0) is 31.2 Å². The summed E-state index contributed by atoms with van der Waals surface area (Å²) in [5, 5.41) is 4.23. The van der Waals surface area contributed by atoms with Gasteiger partial charge < -0.3 is 20.4 Å². The lowest BCUT2D eigenvalue weighted by atomic mass is 10.2. The van der Waals surface area contributed by atoms with Crippen molar-refractivity contribution in [1.82, 2.24) is 38.9 Å². The molecule has 41 heavy (non-hydrogen) atoms. The number of piperazine rings is 1. The number of nitrogens with one attached hydrogen (secondary N) is 1. The molecule has 4 aromatic rings. The molecule has 5 rings (SSSR count). The number of likely N-dealkylation sites (N-methyl/N-ethyl adjacent to an activating group) is 1. The van der Waals surface area contributed by atoms with Crippen LogP contribution in [0.15, 0.2) is 47.7 Å². The second-order valence-corrected chi connectivity index (χ2v) is 11.6. The van der Waals surface area contributed by atoms with Crippen molar-refractivity contribution in [1.29, 1.82) is 0 Å². The van der Waals surface area contributed by atoms with E-state index in [2.05, 4.69) is 29.9 Å². The lowest BCUT2D eigenvalue weighted by Crippen LogP contribution is -2.51. The number of aromatic amines is 1. The molecule has 0 radical (unpaired) electrons. The number of sulfonamides is 1. The summed E-state index contributed by atoms with van der Waals surface area (Å²) in [6.45, 7) is 6.90. The van der Waals surface area contributed by atoms with Crippen LogP contribution < -0.4 is 16.0 Å². The van der Waals surface area contributed by atoms with Gasteiger partial charge in [-0.3, -0.25) is 24.2 Å². The Bertz CT molecular complexity index is 1710. The number of H-pyrrole nitrogens is 1. The van der Waals surface area contributed by atoms with Crippen LogP contribution in [0.1, 0.15) is 36.5 Å². The van der Waals surface area contributed by atoms with Crippen LogP contribution in [0, 0.1) is 0 Å². The van der Waals surface area contributed by atoms with Crippen LogP contribution in [0.2, 0.25) is 0 Å². The van der Waals surface area contributed by atoms with Gasteiger partial charge in [-0.25, -0.2) is 13.4 Å². The van der Waals surface area contributed by atoms with E-state index in [0.717, 1.165) is 6.54 Å². The highest BCUT2D eigenvalue weighted by Gasteiger charge is 2.34. The lowest BCUT2D eigenvalue weighted by molar-refractivity contribution is 0.0996. The molecule has 0 aromatic carbocycles. The summed E-state index contributed by atoms with van der Waals surface area (Å²) in [5.41, 5.74) is 4.79. The molecule has 15 heteroatoms. The fourth-order valence-electron chi connectivity index (χ4n) is 4.74. The molecular weight excluding hydrogens is 550 g/mol. The van der Waals surface area contributed by atoms with Crippen molar-refractivity contribution in [3.05, 3.63) is 64.6 Å². The van der Waals surface area contributed by atoms with Gasteiger partial charge in [0.2, 0.25) is 5.44 Å². The summed E-state index contributed by atoms with van der Waals surface area (Å²) in [7, 11) is -3.74. The summed E-state index contributed by atoms with van der Waals surface area (Å²) in [5.74, 6) is -0.564. The molecule has 5 heterocycles. The lowest BCUT2D eigenvalue weighted by Gasteiger charge is -2.35. The quantitative estimate of drug-likeness (QED) is 0.272. The van der Waals surface area contributed by atoms with Crippen LogP contribution in [-0.2, 0) is 16.6 Å². The van der Waals surface area contributed by atoms with Crippen molar-refractivity contribution in [3.8, 4) is 17.1 Å². The summed E-state index contributed by atoms with van der Waals surface area (Å²) >= 11 is 0. The maximum atomic E-state index is 13.3. The van der Waals surface area contributed by atoms with E-state index in [9.17, 15) is 18.0 Å². The highest BCUT2D eigenvalue weighted by molar-refractivity contribution is 7.89. The molecule has 1 saturated heterocycles. The molecular formula is C26H31N9O5S. The average molecular weight is 582 g/mol. The Morgan fingerprint density at radius 3 is 2.61 bits per heavy atom. The van der Waals surface area contributed by atoms with Gasteiger partial charge in [-0.2, -0.15) is 9.40 Å². The van der Waals surface area contributed by atoms with E-state index >= 15 is 0 Å².